The Balaban J connectivity index is 1.46. The number of likely N-dealkylation sites (N-methyl/N-ethyl adjacent to an activating group) is 1. The molecule has 0 saturated heterocycles. The van der Waals surface area contributed by atoms with Gasteiger partial charge in [0.05, 0.1) is 23.2 Å². The molecular weight excluding hydrogens is 438 g/mol. The summed E-state index contributed by atoms with van der Waals surface area (Å²) in [5, 5.41) is 9.59. The minimum absolute atomic E-state index is 0.0482. The molecule has 0 bridgehead atoms. The Hall–Kier alpha value is -3.59. The van der Waals surface area contributed by atoms with E-state index in [1.807, 2.05) is 53.8 Å². The standard InChI is InChI=1S/C24H25N5O3S/c1-4-13-28-22(31)19-7-5-6-8-20(19)29-23(28)25-26-24(29)33-16-21(30)27(3)14-15-32-18-11-9-17(2)10-12-18/h4-12H,1,13-16H2,2-3H3. The van der Waals surface area contributed by atoms with E-state index < -0.39 is 0 Å². The number of aryl methyl sites for hydroxylation is 1. The average molecular weight is 464 g/mol. The molecule has 2 aromatic heterocycles. The number of ether oxygens (including phenoxy) is 1. The lowest BCUT2D eigenvalue weighted by Crippen LogP contribution is -2.32. The molecule has 0 spiro atoms. The highest BCUT2D eigenvalue weighted by Gasteiger charge is 2.18. The molecule has 0 aliphatic heterocycles. The van der Waals surface area contributed by atoms with Crippen LogP contribution in [0.4, 0.5) is 0 Å². The molecular formula is C24H25N5O3S. The van der Waals surface area contributed by atoms with Gasteiger partial charge in [0.1, 0.15) is 12.4 Å². The first-order chi connectivity index (χ1) is 16.0. The third-order valence-electron chi connectivity index (χ3n) is 5.26. The predicted molar refractivity (Wildman–Crippen MR) is 130 cm³/mol. The summed E-state index contributed by atoms with van der Waals surface area (Å²) in [5.74, 6) is 1.35. The molecule has 0 atom stereocenters. The van der Waals surface area contributed by atoms with Gasteiger partial charge in [-0.3, -0.25) is 18.6 Å². The van der Waals surface area contributed by atoms with E-state index in [0.29, 0.717) is 41.5 Å². The molecule has 33 heavy (non-hydrogen) atoms. The van der Waals surface area contributed by atoms with Crippen molar-refractivity contribution in [3.8, 4) is 5.75 Å². The first-order valence-corrected chi connectivity index (χ1v) is 11.5. The molecule has 0 saturated carbocycles. The van der Waals surface area contributed by atoms with Gasteiger partial charge in [0.25, 0.3) is 5.56 Å². The van der Waals surface area contributed by atoms with Crippen LogP contribution in [0.3, 0.4) is 0 Å². The highest BCUT2D eigenvalue weighted by atomic mass is 32.2. The summed E-state index contributed by atoms with van der Waals surface area (Å²) >= 11 is 1.29. The molecule has 8 nitrogen and oxygen atoms in total. The Morgan fingerprint density at radius 2 is 1.94 bits per heavy atom. The minimum Gasteiger partial charge on any atom is -0.492 e. The van der Waals surface area contributed by atoms with Gasteiger partial charge in [0.2, 0.25) is 11.7 Å². The summed E-state index contributed by atoms with van der Waals surface area (Å²) in [6.07, 6.45) is 1.65. The maximum Gasteiger partial charge on any atom is 0.263 e. The van der Waals surface area contributed by atoms with Crippen LogP contribution in [0.15, 0.2) is 71.1 Å². The van der Waals surface area contributed by atoms with Gasteiger partial charge >= 0.3 is 0 Å². The molecule has 170 valence electrons. The summed E-state index contributed by atoms with van der Waals surface area (Å²) in [4.78, 5) is 27.2. The van der Waals surface area contributed by atoms with Gasteiger partial charge < -0.3 is 9.64 Å². The van der Waals surface area contributed by atoms with Crippen LogP contribution in [0.1, 0.15) is 5.56 Å². The van der Waals surface area contributed by atoms with Gasteiger partial charge in [0, 0.05) is 13.6 Å². The van der Waals surface area contributed by atoms with Gasteiger partial charge in [0.15, 0.2) is 5.16 Å². The number of hydrogen-bond acceptors (Lipinski definition) is 6. The minimum atomic E-state index is -0.147. The van der Waals surface area contributed by atoms with Gasteiger partial charge in [-0.1, -0.05) is 47.7 Å². The largest absolute Gasteiger partial charge is 0.492 e. The normalized spacial score (nSPS) is 11.1. The summed E-state index contributed by atoms with van der Waals surface area (Å²) < 4.78 is 9.07. The number of aromatic nitrogens is 4. The van der Waals surface area contributed by atoms with E-state index in [4.69, 9.17) is 4.74 Å². The van der Waals surface area contributed by atoms with Crippen molar-refractivity contribution >= 4 is 34.3 Å². The lowest BCUT2D eigenvalue weighted by molar-refractivity contribution is -0.127. The predicted octanol–water partition coefficient (Wildman–Crippen LogP) is 3.17. The fourth-order valence-electron chi connectivity index (χ4n) is 3.42. The van der Waals surface area contributed by atoms with Gasteiger partial charge in [-0.25, -0.2) is 0 Å². The van der Waals surface area contributed by atoms with Crippen LogP contribution in [0.5, 0.6) is 5.75 Å². The van der Waals surface area contributed by atoms with E-state index in [0.717, 1.165) is 5.75 Å². The first-order valence-electron chi connectivity index (χ1n) is 10.5. The number of rotatable bonds is 9. The number of hydrogen-bond donors (Lipinski definition) is 0. The molecule has 9 heteroatoms. The second-order valence-electron chi connectivity index (χ2n) is 7.61. The van der Waals surface area contributed by atoms with Gasteiger partial charge in [-0.15, -0.1) is 16.8 Å². The first kappa shape index (κ1) is 22.6. The molecule has 2 heterocycles. The van der Waals surface area contributed by atoms with Crippen LogP contribution in [0, 0.1) is 6.92 Å². The van der Waals surface area contributed by atoms with E-state index >= 15 is 0 Å². The zero-order valence-corrected chi connectivity index (χ0v) is 19.4. The highest BCUT2D eigenvalue weighted by molar-refractivity contribution is 7.99. The number of nitrogens with zero attached hydrogens (tertiary/aromatic N) is 5. The molecule has 4 rings (SSSR count). The Bertz CT molecular complexity index is 1360. The molecule has 1 amide bonds. The van der Waals surface area contributed by atoms with Gasteiger partial charge in [-0.2, -0.15) is 0 Å². The number of carbonyl (C=O) groups is 1. The van der Waals surface area contributed by atoms with Crippen molar-refractivity contribution in [1.29, 1.82) is 0 Å². The summed E-state index contributed by atoms with van der Waals surface area (Å²) in [5.41, 5.74) is 1.73. The highest BCUT2D eigenvalue weighted by Crippen LogP contribution is 2.22. The number of carbonyl (C=O) groups excluding carboxylic acids is 1. The van der Waals surface area contributed by atoms with Crippen LogP contribution >= 0.6 is 11.8 Å². The van der Waals surface area contributed by atoms with E-state index in [-0.39, 0.29) is 17.2 Å². The van der Waals surface area contributed by atoms with Crippen LogP contribution in [0.25, 0.3) is 16.7 Å². The van der Waals surface area contributed by atoms with Crippen molar-refractivity contribution in [2.75, 3.05) is 26.0 Å². The topological polar surface area (TPSA) is 81.7 Å². The number of amides is 1. The molecule has 0 N–H and O–H groups in total. The Morgan fingerprint density at radius 3 is 2.70 bits per heavy atom. The third-order valence-corrected chi connectivity index (χ3v) is 6.17. The van der Waals surface area contributed by atoms with Crippen molar-refractivity contribution in [3.63, 3.8) is 0 Å². The lowest BCUT2D eigenvalue weighted by Gasteiger charge is -2.17. The zero-order chi connectivity index (χ0) is 23.4. The molecule has 2 aromatic carbocycles. The second kappa shape index (κ2) is 9.91. The van der Waals surface area contributed by atoms with Crippen LogP contribution in [-0.2, 0) is 11.3 Å². The monoisotopic (exact) mass is 463 g/mol. The summed E-state index contributed by atoms with van der Waals surface area (Å²) in [6, 6.07) is 15.1. The average Bonchev–Trinajstić information content (AvgIpc) is 3.25. The smallest absolute Gasteiger partial charge is 0.263 e. The SMILES string of the molecule is C=CCn1c(=O)c2ccccc2n2c(SCC(=O)N(C)CCOc3ccc(C)cc3)nnc12. The number of allylic oxidation sites excluding steroid dienone is 1. The Labute approximate surface area is 195 Å². The number of thioether (sulfide) groups is 1. The molecule has 0 aliphatic rings. The molecule has 4 aromatic rings. The molecule has 0 radical (unpaired) electrons. The zero-order valence-electron chi connectivity index (χ0n) is 18.6. The van der Waals surface area contributed by atoms with Crippen molar-refractivity contribution in [1.82, 2.24) is 24.1 Å². The number of fused-ring (bicyclic) bond motifs is 3. The van der Waals surface area contributed by atoms with E-state index in [2.05, 4.69) is 16.8 Å². The van der Waals surface area contributed by atoms with E-state index in [9.17, 15) is 9.59 Å². The van der Waals surface area contributed by atoms with Gasteiger partial charge in [-0.05, 0) is 31.2 Å². The lowest BCUT2D eigenvalue weighted by atomic mass is 10.2. The van der Waals surface area contributed by atoms with Crippen LogP contribution in [-0.4, -0.2) is 55.9 Å². The van der Waals surface area contributed by atoms with Crippen molar-refractivity contribution in [3.05, 3.63) is 77.1 Å². The fourth-order valence-corrected chi connectivity index (χ4v) is 4.30. The molecule has 0 aliphatic carbocycles. The number of benzene rings is 2. The number of para-hydroxylation sites is 1. The van der Waals surface area contributed by atoms with Crippen LogP contribution < -0.4 is 10.3 Å². The summed E-state index contributed by atoms with van der Waals surface area (Å²) in [6.45, 7) is 6.95. The molecule has 0 unspecified atom stereocenters. The van der Waals surface area contributed by atoms with Crippen molar-refractivity contribution in [2.24, 2.45) is 0 Å². The van der Waals surface area contributed by atoms with Crippen molar-refractivity contribution < 1.29 is 9.53 Å². The van der Waals surface area contributed by atoms with Crippen LogP contribution in [0.2, 0.25) is 0 Å². The Kier molecular flexibility index (Phi) is 6.79. The molecule has 0 fully saturated rings. The van der Waals surface area contributed by atoms with E-state index in [1.54, 1.807) is 24.1 Å². The fraction of sp³-hybridized carbons (Fsp3) is 0.250. The second-order valence-corrected chi connectivity index (χ2v) is 8.55. The summed E-state index contributed by atoms with van der Waals surface area (Å²) in [7, 11) is 1.75. The van der Waals surface area contributed by atoms with E-state index in [1.165, 1.54) is 21.9 Å². The van der Waals surface area contributed by atoms with Crippen molar-refractivity contribution in [2.45, 2.75) is 18.6 Å². The third kappa shape index (κ3) is 4.78. The Morgan fingerprint density at radius 1 is 1.18 bits per heavy atom. The maximum atomic E-state index is 12.9. The maximum absolute atomic E-state index is 12.9. The quantitative estimate of drug-likeness (QED) is 0.280.